The summed E-state index contributed by atoms with van der Waals surface area (Å²) in [5.74, 6) is 0. The highest BCUT2D eigenvalue weighted by Gasteiger charge is 1.99. The molecule has 0 N–H and O–H groups in total. The van der Waals surface area contributed by atoms with Crippen molar-refractivity contribution in [3.05, 3.63) is 47.5 Å². The van der Waals surface area contributed by atoms with Gasteiger partial charge in [0.05, 0.1) is 6.54 Å². The maximum Gasteiger partial charge on any atom is 0.137 e. The van der Waals surface area contributed by atoms with E-state index in [-0.39, 0.29) is 12.4 Å². The summed E-state index contributed by atoms with van der Waals surface area (Å²) in [6, 6.07) is 7.71. The van der Waals surface area contributed by atoms with Crippen LogP contribution in [0.25, 0.3) is 0 Å². The highest BCUT2D eigenvalue weighted by molar-refractivity contribution is 6.31. The summed E-state index contributed by atoms with van der Waals surface area (Å²) < 4.78 is 1.74. The summed E-state index contributed by atoms with van der Waals surface area (Å²) in [4.78, 5) is 3.86. The quantitative estimate of drug-likeness (QED) is 0.793. The van der Waals surface area contributed by atoms with Gasteiger partial charge in [-0.1, -0.05) is 29.8 Å². The van der Waals surface area contributed by atoms with Gasteiger partial charge in [-0.2, -0.15) is 5.10 Å². The van der Waals surface area contributed by atoms with E-state index in [0.717, 1.165) is 10.6 Å². The fourth-order valence-corrected chi connectivity index (χ4v) is 1.31. The third-order valence-electron chi connectivity index (χ3n) is 1.76. The zero-order valence-corrected chi connectivity index (χ0v) is 8.87. The number of halogens is 2. The topological polar surface area (TPSA) is 30.7 Å². The Balaban J connectivity index is 0.000000980. The minimum Gasteiger partial charge on any atom is -0.249 e. The van der Waals surface area contributed by atoms with Gasteiger partial charge in [0.15, 0.2) is 0 Å². The standard InChI is InChI=1S/C9H8ClN3.ClH/c10-9-4-2-1-3-8(9)5-13-7-11-6-12-13;/h1-4,6-7H,5H2;1H. The molecule has 0 fully saturated rings. The first-order valence-electron chi connectivity index (χ1n) is 3.92. The molecule has 0 bridgehead atoms. The second-order valence-corrected chi connectivity index (χ2v) is 3.09. The predicted molar refractivity (Wildman–Crippen MR) is 57.8 cm³/mol. The van der Waals surface area contributed by atoms with Crippen molar-refractivity contribution in [2.24, 2.45) is 0 Å². The first kappa shape index (κ1) is 11.0. The number of hydrogen-bond acceptors (Lipinski definition) is 2. The maximum absolute atomic E-state index is 5.98. The van der Waals surface area contributed by atoms with Crippen molar-refractivity contribution < 1.29 is 0 Å². The molecule has 2 rings (SSSR count). The van der Waals surface area contributed by atoms with Crippen LogP contribution in [0.5, 0.6) is 0 Å². The van der Waals surface area contributed by atoms with Gasteiger partial charge in [0, 0.05) is 5.02 Å². The van der Waals surface area contributed by atoms with Crippen LogP contribution in [-0.2, 0) is 6.54 Å². The molecule has 0 spiro atoms. The average Bonchev–Trinajstić information content (AvgIpc) is 2.61. The van der Waals surface area contributed by atoms with Crippen LogP contribution in [0.2, 0.25) is 5.02 Å². The predicted octanol–water partition coefficient (Wildman–Crippen LogP) is 2.40. The number of aromatic nitrogens is 3. The van der Waals surface area contributed by atoms with E-state index in [1.165, 1.54) is 6.33 Å². The van der Waals surface area contributed by atoms with Gasteiger partial charge >= 0.3 is 0 Å². The Morgan fingerprint density at radius 3 is 2.71 bits per heavy atom. The number of benzene rings is 1. The summed E-state index contributed by atoms with van der Waals surface area (Å²) >= 11 is 5.98. The molecule has 2 aromatic rings. The SMILES string of the molecule is Cl.Clc1ccccc1Cn1cncn1. The second kappa shape index (κ2) is 4.98. The van der Waals surface area contributed by atoms with Crippen molar-refractivity contribution in [1.29, 1.82) is 0 Å². The lowest BCUT2D eigenvalue weighted by atomic mass is 10.2. The third-order valence-corrected chi connectivity index (χ3v) is 2.13. The Hall–Kier alpha value is -1.06. The Bertz CT molecular complexity index is 387. The number of hydrogen-bond donors (Lipinski definition) is 0. The summed E-state index contributed by atoms with van der Waals surface area (Å²) in [5, 5.41) is 4.76. The lowest BCUT2D eigenvalue weighted by molar-refractivity contribution is 0.685. The van der Waals surface area contributed by atoms with E-state index >= 15 is 0 Å². The number of rotatable bonds is 2. The zero-order valence-electron chi connectivity index (χ0n) is 7.30. The molecule has 1 aromatic carbocycles. The molecule has 3 nitrogen and oxygen atoms in total. The van der Waals surface area contributed by atoms with Crippen molar-refractivity contribution in [2.45, 2.75) is 6.54 Å². The fraction of sp³-hybridized carbons (Fsp3) is 0.111. The fourth-order valence-electron chi connectivity index (χ4n) is 1.12. The molecule has 0 unspecified atom stereocenters. The van der Waals surface area contributed by atoms with Gasteiger partial charge in [0.25, 0.3) is 0 Å². The Labute approximate surface area is 93.1 Å². The molecular formula is C9H9Cl2N3. The molecule has 0 radical (unpaired) electrons. The molecule has 1 heterocycles. The monoisotopic (exact) mass is 229 g/mol. The lowest BCUT2D eigenvalue weighted by Crippen LogP contribution is -2.00. The van der Waals surface area contributed by atoms with E-state index in [1.807, 2.05) is 24.3 Å². The summed E-state index contributed by atoms with van der Waals surface area (Å²) in [7, 11) is 0. The van der Waals surface area contributed by atoms with Crippen molar-refractivity contribution >= 4 is 24.0 Å². The molecule has 0 aliphatic rings. The summed E-state index contributed by atoms with van der Waals surface area (Å²) in [6.07, 6.45) is 3.18. The molecule has 0 aliphatic carbocycles. The largest absolute Gasteiger partial charge is 0.249 e. The normalized spacial score (nSPS) is 9.50. The van der Waals surface area contributed by atoms with E-state index in [4.69, 9.17) is 11.6 Å². The van der Waals surface area contributed by atoms with E-state index in [1.54, 1.807) is 11.0 Å². The van der Waals surface area contributed by atoms with Crippen LogP contribution in [0.1, 0.15) is 5.56 Å². The molecule has 0 atom stereocenters. The zero-order chi connectivity index (χ0) is 9.10. The first-order chi connectivity index (χ1) is 6.36. The second-order valence-electron chi connectivity index (χ2n) is 2.68. The maximum atomic E-state index is 5.98. The van der Waals surface area contributed by atoms with Crippen LogP contribution in [0.15, 0.2) is 36.9 Å². The molecule has 14 heavy (non-hydrogen) atoms. The minimum atomic E-state index is 0. The van der Waals surface area contributed by atoms with Gasteiger partial charge in [-0.05, 0) is 11.6 Å². The van der Waals surface area contributed by atoms with Crippen LogP contribution in [0, 0.1) is 0 Å². The Kier molecular flexibility index (Phi) is 3.92. The van der Waals surface area contributed by atoms with Crippen LogP contribution in [-0.4, -0.2) is 14.8 Å². The minimum absolute atomic E-state index is 0. The van der Waals surface area contributed by atoms with Gasteiger partial charge in [-0.15, -0.1) is 12.4 Å². The molecule has 0 saturated carbocycles. The molecule has 0 saturated heterocycles. The van der Waals surface area contributed by atoms with Gasteiger partial charge < -0.3 is 0 Å². The van der Waals surface area contributed by atoms with Crippen molar-refractivity contribution in [1.82, 2.24) is 14.8 Å². The van der Waals surface area contributed by atoms with Gasteiger partial charge in [-0.25, -0.2) is 9.67 Å². The molecule has 0 amide bonds. The molecule has 0 aliphatic heterocycles. The highest BCUT2D eigenvalue weighted by atomic mass is 35.5. The summed E-state index contributed by atoms with van der Waals surface area (Å²) in [6.45, 7) is 0.666. The van der Waals surface area contributed by atoms with Crippen molar-refractivity contribution in [3.63, 3.8) is 0 Å². The van der Waals surface area contributed by atoms with E-state index < -0.39 is 0 Å². The Morgan fingerprint density at radius 2 is 2.07 bits per heavy atom. The lowest BCUT2D eigenvalue weighted by Gasteiger charge is -2.02. The Morgan fingerprint density at radius 1 is 1.29 bits per heavy atom. The molecule has 74 valence electrons. The van der Waals surface area contributed by atoms with E-state index in [2.05, 4.69) is 10.1 Å². The average molecular weight is 230 g/mol. The molecule has 5 heteroatoms. The molecular weight excluding hydrogens is 221 g/mol. The van der Waals surface area contributed by atoms with E-state index in [9.17, 15) is 0 Å². The van der Waals surface area contributed by atoms with Crippen LogP contribution in [0.4, 0.5) is 0 Å². The number of nitrogens with zero attached hydrogens (tertiary/aromatic N) is 3. The van der Waals surface area contributed by atoms with Gasteiger partial charge in [-0.3, -0.25) is 0 Å². The van der Waals surface area contributed by atoms with Gasteiger partial charge in [0.1, 0.15) is 12.7 Å². The molecule has 1 aromatic heterocycles. The van der Waals surface area contributed by atoms with Crippen LogP contribution >= 0.6 is 24.0 Å². The van der Waals surface area contributed by atoms with E-state index in [0.29, 0.717) is 6.54 Å². The van der Waals surface area contributed by atoms with Crippen LogP contribution < -0.4 is 0 Å². The smallest absolute Gasteiger partial charge is 0.137 e. The third kappa shape index (κ3) is 2.47. The van der Waals surface area contributed by atoms with Crippen molar-refractivity contribution in [2.75, 3.05) is 0 Å². The summed E-state index contributed by atoms with van der Waals surface area (Å²) in [5.41, 5.74) is 1.05. The first-order valence-corrected chi connectivity index (χ1v) is 4.30. The van der Waals surface area contributed by atoms with Crippen LogP contribution in [0.3, 0.4) is 0 Å². The highest BCUT2D eigenvalue weighted by Crippen LogP contribution is 2.15. The van der Waals surface area contributed by atoms with Crippen molar-refractivity contribution in [3.8, 4) is 0 Å². The van der Waals surface area contributed by atoms with Gasteiger partial charge in [0.2, 0.25) is 0 Å².